The molecule has 1 N–H and O–H groups in total. The Labute approximate surface area is 157 Å². The van der Waals surface area contributed by atoms with Gasteiger partial charge in [-0.1, -0.05) is 17.2 Å². The van der Waals surface area contributed by atoms with Crippen molar-refractivity contribution in [3.05, 3.63) is 65.5 Å². The number of alkyl halides is 2. The summed E-state index contributed by atoms with van der Waals surface area (Å²) in [7, 11) is 1.36. The van der Waals surface area contributed by atoms with Crippen LogP contribution in [0, 0.1) is 5.82 Å². The predicted octanol–water partition coefficient (Wildman–Crippen LogP) is 3.48. The second-order valence-corrected chi connectivity index (χ2v) is 5.86. The number of nitrogens with zero attached hydrogens (tertiary/aromatic N) is 4. The number of halogens is 3. The molecule has 144 valence electrons. The molecule has 0 saturated heterocycles. The summed E-state index contributed by atoms with van der Waals surface area (Å²) < 4.78 is 50.6. The minimum Gasteiger partial charge on any atom is -0.493 e. The Morgan fingerprint density at radius 1 is 1.14 bits per heavy atom. The number of tetrazole rings is 1. The van der Waals surface area contributed by atoms with Crippen molar-refractivity contribution in [1.29, 1.82) is 0 Å². The van der Waals surface area contributed by atoms with Crippen LogP contribution in [-0.2, 0) is 0 Å². The van der Waals surface area contributed by atoms with Gasteiger partial charge in [0.2, 0.25) is 5.95 Å². The fraction of sp³-hybridized carbons (Fsp3) is 0.167. The molecule has 0 saturated carbocycles. The minimum absolute atomic E-state index is 0.108. The van der Waals surface area contributed by atoms with Crippen LogP contribution in [0.15, 0.2) is 48.5 Å². The Bertz CT molecular complexity index is 1020. The van der Waals surface area contributed by atoms with E-state index in [1.807, 2.05) is 0 Å². The number of rotatable bonds is 5. The third-order valence-corrected chi connectivity index (χ3v) is 4.24. The number of aromatic nitrogens is 4. The summed E-state index contributed by atoms with van der Waals surface area (Å²) in [6.45, 7) is -3.04. The van der Waals surface area contributed by atoms with Crippen LogP contribution in [-0.4, -0.2) is 33.9 Å². The molecule has 1 aromatic heterocycles. The lowest BCUT2D eigenvalue weighted by atomic mass is 10.0. The van der Waals surface area contributed by atoms with Gasteiger partial charge in [0, 0.05) is 11.3 Å². The summed E-state index contributed by atoms with van der Waals surface area (Å²) in [5.74, 6) is -0.0228. The maximum Gasteiger partial charge on any atom is 0.387 e. The Morgan fingerprint density at radius 2 is 1.93 bits per heavy atom. The van der Waals surface area contributed by atoms with E-state index in [-0.39, 0.29) is 17.3 Å². The van der Waals surface area contributed by atoms with Crippen LogP contribution in [0.2, 0.25) is 0 Å². The molecule has 0 radical (unpaired) electrons. The molecule has 0 fully saturated rings. The van der Waals surface area contributed by atoms with Gasteiger partial charge in [-0.15, -0.1) is 0 Å². The van der Waals surface area contributed by atoms with Gasteiger partial charge in [0.15, 0.2) is 11.5 Å². The summed E-state index contributed by atoms with van der Waals surface area (Å²) in [5.41, 5.74) is 1.66. The van der Waals surface area contributed by atoms with Crippen molar-refractivity contribution in [3.8, 4) is 11.5 Å². The highest BCUT2D eigenvalue weighted by atomic mass is 19.3. The molecule has 0 spiro atoms. The second kappa shape index (κ2) is 7.22. The van der Waals surface area contributed by atoms with Gasteiger partial charge < -0.3 is 14.8 Å². The molecule has 0 amide bonds. The van der Waals surface area contributed by atoms with Crippen molar-refractivity contribution in [3.63, 3.8) is 0 Å². The maximum absolute atomic E-state index is 13.3. The first-order valence-electron chi connectivity index (χ1n) is 8.21. The number of ether oxygens (including phenoxy) is 2. The zero-order chi connectivity index (χ0) is 19.7. The average Bonchev–Trinajstić information content (AvgIpc) is 3.16. The lowest BCUT2D eigenvalue weighted by Crippen LogP contribution is -2.21. The zero-order valence-corrected chi connectivity index (χ0v) is 14.5. The fourth-order valence-electron chi connectivity index (χ4n) is 3.01. The standard InChI is InChI=1S/C18H14F3N5O2/c1-27-15-4-2-3-12(16(15)28-17(20)21)14-9-13(10-5-7-11(19)8-6-10)22-18-23-24-25-26(14)18/h2-9,14,17H,1H3,(H,22,23,25)/t14-/m1/s1. The normalized spacial score (nSPS) is 15.6. The highest BCUT2D eigenvalue weighted by Crippen LogP contribution is 2.41. The monoisotopic (exact) mass is 389 g/mol. The van der Waals surface area contributed by atoms with E-state index in [1.54, 1.807) is 30.3 Å². The molecule has 3 aromatic rings. The van der Waals surface area contributed by atoms with Crippen LogP contribution in [0.25, 0.3) is 5.70 Å². The number of fused-ring (bicyclic) bond motifs is 1. The molecule has 10 heteroatoms. The molecule has 28 heavy (non-hydrogen) atoms. The molecule has 2 heterocycles. The highest BCUT2D eigenvalue weighted by Gasteiger charge is 2.29. The largest absolute Gasteiger partial charge is 0.493 e. The van der Waals surface area contributed by atoms with E-state index >= 15 is 0 Å². The number of hydrogen-bond donors (Lipinski definition) is 1. The van der Waals surface area contributed by atoms with Gasteiger partial charge in [0.1, 0.15) is 11.9 Å². The number of hydrogen-bond acceptors (Lipinski definition) is 6. The molecule has 7 nitrogen and oxygen atoms in total. The molecule has 0 aliphatic carbocycles. The summed E-state index contributed by atoms with van der Waals surface area (Å²) in [5, 5.41) is 14.5. The Kier molecular flexibility index (Phi) is 4.60. The van der Waals surface area contributed by atoms with Gasteiger partial charge in [0.25, 0.3) is 0 Å². The molecule has 1 aliphatic heterocycles. The van der Waals surface area contributed by atoms with E-state index in [4.69, 9.17) is 9.47 Å². The summed E-state index contributed by atoms with van der Waals surface area (Å²) in [6.07, 6.45) is 1.74. The van der Waals surface area contributed by atoms with Gasteiger partial charge in [0.05, 0.1) is 7.11 Å². The van der Waals surface area contributed by atoms with Crippen LogP contribution in [0.3, 0.4) is 0 Å². The van der Waals surface area contributed by atoms with Crippen molar-refractivity contribution in [2.45, 2.75) is 12.7 Å². The van der Waals surface area contributed by atoms with Crippen LogP contribution in [0.1, 0.15) is 17.2 Å². The van der Waals surface area contributed by atoms with Gasteiger partial charge in [-0.25, -0.2) is 4.39 Å². The fourth-order valence-corrected chi connectivity index (χ4v) is 3.01. The Morgan fingerprint density at radius 3 is 2.64 bits per heavy atom. The van der Waals surface area contributed by atoms with Crippen molar-refractivity contribution in [1.82, 2.24) is 20.2 Å². The topological polar surface area (TPSA) is 74.1 Å². The molecular weight excluding hydrogens is 375 g/mol. The van der Waals surface area contributed by atoms with E-state index in [0.29, 0.717) is 22.8 Å². The predicted molar refractivity (Wildman–Crippen MR) is 93.6 cm³/mol. The number of nitrogens with one attached hydrogen (secondary N) is 1. The molecule has 1 aliphatic rings. The first-order chi connectivity index (χ1) is 13.6. The third kappa shape index (κ3) is 3.24. The smallest absolute Gasteiger partial charge is 0.387 e. The minimum atomic E-state index is -3.04. The number of para-hydroxylation sites is 1. The molecule has 1 atom stereocenters. The SMILES string of the molecule is COc1cccc([C@H]2C=C(c3ccc(F)cc3)Nc3nnnn32)c1OC(F)F. The average molecular weight is 389 g/mol. The Balaban J connectivity index is 1.85. The number of methoxy groups -OCH3 is 1. The lowest BCUT2D eigenvalue weighted by Gasteiger charge is -2.25. The van der Waals surface area contributed by atoms with Crippen molar-refractivity contribution in [2.75, 3.05) is 12.4 Å². The third-order valence-electron chi connectivity index (χ3n) is 4.24. The van der Waals surface area contributed by atoms with Crippen molar-refractivity contribution in [2.24, 2.45) is 0 Å². The first kappa shape index (κ1) is 17.8. The molecule has 0 bridgehead atoms. The molecule has 0 unspecified atom stereocenters. The summed E-state index contributed by atoms with van der Waals surface area (Å²) in [4.78, 5) is 0. The summed E-state index contributed by atoms with van der Waals surface area (Å²) >= 11 is 0. The second-order valence-electron chi connectivity index (χ2n) is 5.86. The van der Waals surface area contributed by atoms with Gasteiger partial charge in [-0.05, 0) is 52.4 Å². The molecular formula is C18H14F3N5O2. The van der Waals surface area contributed by atoms with Gasteiger partial charge in [-0.2, -0.15) is 13.5 Å². The molecule has 4 rings (SSSR count). The van der Waals surface area contributed by atoms with E-state index in [2.05, 4.69) is 20.8 Å². The van der Waals surface area contributed by atoms with E-state index in [9.17, 15) is 13.2 Å². The van der Waals surface area contributed by atoms with Gasteiger partial charge >= 0.3 is 6.61 Å². The first-order valence-corrected chi connectivity index (χ1v) is 8.21. The number of anilines is 1. The van der Waals surface area contributed by atoms with Crippen molar-refractivity contribution < 1.29 is 22.6 Å². The van der Waals surface area contributed by atoms with Crippen LogP contribution < -0.4 is 14.8 Å². The van der Waals surface area contributed by atoms with E-state index in [0.717, 1.165) is 0 Å². The van der Waals surface area contributed by atoms with Crippen LogP contribution >= 0.6 is 0 Å². The van der Waals surface area contributed by atoms with E-state index < -0.39 is 12.7 Å². The zero-order valence-electron chi connectivity index (χ0n) is 14.5. The van der Waals surface area contributed by atoms with Gasteiger partial charge in [-0.3, -0.25) is 0 Å². The molecule has 2 aromatic carbocycles. The lowest BCUT2D eigenvalue weighted by molar-refractivity contribution is -0.0520. The Hall–Kier alpha value is -3.56. The maximum atomic E-state index is 13.3. The number of allylic oxidation sites excluding steroid dienone is 1. The van der Waals surface area contributed by atoms with Crippen molar-refractivity contribution >= 4 is 11.6 Å². The van der Waals surface area contributed by atoms with E-state index in [1.165, 1.54) is 30.0 Å². The highest BCUT2D eigenvalue weighted by molar-refractivity contribution is 5.77. The quantitative estimate of drug-likeness (QED) is 0.720. The van der Waals surface area contributed by atoms with Crippen LogP contribution in [0.4, 0.5) is 19.1 Å². The number of benzene rings is 2. The summed E-state index contributed by atoms with van der Waals surface area (Å²) in [6, 6.07) is 9.97. The van der Waals surface area contributed by atoms with Crippen LogP contribution in [0.5, 0.6) is 11.5 Å².